The van der Waals surface area contributed by atoms with Crippen LogP contribution in [-0.2, 0) is 15.8 Å². The minimum Gasteiger partial charge on any atom is -0.488 e. The molecule has 7 nitrogen and oxygen atoms in total. The molecule has 0 spiro atoms. The summed E-state index contributed by atoms with van der Waals surface area (Å²) in [5, 5.41) is 0. The van der Waals surface area contributed by atoms with E-state index >= 15 is 0 Å². The van der Waals surface area contributed by atoms with Crippen molar-refractivity contribution < 1.29 is 17.9 Å². The summed E-state index contributed by atoms with van der Waals surface area (Å²) >= 11 is 0. The van der Waals surface area contributed by atoms with E-state index in [4.69, 9.17) is 10.5 Å². The van der Waals surface area contributed by atoms with Gasteiger partial charge < -0.3 is 10.5 Å². The summed E-state index contributed by atoms with van der Waals surface area (Å²) in [7, 11) is -3.37. The molecule has 3 rings (SSSR count). The molecule has 1 saturated heterocycles. The highest BCUT2D eigenvalue weighted by atomic mass is 32.2. The van der Waals surface area contributed by atoms with E-state index in [1.165, 1.54) is 16.6 Å². The fourth-order valence-electron chi connectivity index (χ4n) is 2.62. The van der Waals surface area contributed by atoms with Crippen molar-refractivity contribution >= 4 is 15.9 Å². The van der Waals surface area contributed by atoms with Gasteiger partial charge in [-0.2, -0.15) is 4.31 Å². The molecule has 0 bridgehead atoms. The van der Waals surface area contributed by atoms with E-state index < -0.39 is 15.9 Å². The molecule has 0 radical (unpaired) electrons. The van der Waals surface area contributed by atoms with Gasteiger partial charge in [0.1, 0.15) is 17.5 Å². The van der Waals surface area contributed by atoms with Gasteiger partial charge >= 0.3 is 0 Å². The number of ether oxygens (including phenoxy) is 1. The number of rotatable bonds is 6. The molecule has 132 valence electrons. The molecular weight excluding hydrogens is 342 g/mol. The molecule has 25 heavy (non-hydrogen) atoms. The van der Waals surface area contributed by atoms with E-state index in [2.05, 4.69) is 4.98 Å². The minimum atomic E-state index is -3.37. The zero-order valence-electron chi connectivity index (χ0n) is 13.8. The van der Waals surface area contributed by atoms with Crippen molar-refractivity contribution in [3.05, 3.63) is 59.4 Å². The minimum absolute atomic E-state index is 0.0253. The smallest absolute Gasteiger partial charge is 0.267 e. The number of nitrogens with zero attached hydrogens (tertiary/aromatic N) is 2. The second kappa shape index (κ2) is 6.81. The fourth-order valence-corrected chi connectivity index (χ4v) is 4.19. The maximum absolute atomic E-state index is 12.4. The molecule has 1 fully saturated rings. The number of hydrogen-bond donors (Lipinski definition) is 1. The first kappa shape index (κ1) is 17.4. The molecule has 2 N–H and O–H groups in total. The maximum Gasteiger partial charge on any atom is 0.267 e. The molecular formula is C17H19N3O4S. The van der Waals surface area contributed by atoms with Gasteiger partial charge in [-0.25, -0.2) is 8.42 Å². The van der Waals surface area contributed by atoms with Gasteiger partial charge in [0.2, 0.25) is 10.0 Å². The number of nitrogens with two attached hydrogens (primary N) is 1. The first-order valence-corrected chi connectivity index (χ1v) is 9.40. The van der Waals surface area contributed by atoms with Crippen LogP contribution in [0.1, 0.15) is 21.6 Å². The number of primary amides is 1. The van der Waals surface area contributed by atoms with Crippen LogP contribution < -0.4 is 10.5 Å². The average molecular weight is 361 g/mol. The van der Waals surface area contributed by atoms with Crippen LogP contribution in [0, 0.1) is 6.92 Å². The van der Waals surface area contributed by atoms with E-state index in [9.17, 15) is 13.2 Å². The Morgan fingerprint density at radius 3 is 2.76 bits per heavy atom. The molecule has 8 heteroatoms. The summed E-state index contributed by atoms with van der Waals surface area (Å²) in [4.78, 5) is 15.0. The number of amides is 1. The van der Waals surface area contributed by atoms with Gasteiger partial charge in [0, 0.05) is 12.3 Å². The van der Waals surface area contributed by atoms with Crippen LogP contribution in [0.4, 0.5) is 0 Å². The number of sulfonamides is 1. The quantitative estimate of drug-likeness (QED) is 0.829. The highest BCUT2D eigenvalue weighted by molar-refractivity contribution is 7.88. The Balaban J connectivity index is 1.58. The highest BCUT2D eigenvalue weighted by Crippen LogP contribution is 2.23. The SMILES string of the molecule is Cc1cccc(CS(=O)(=O)N2CC(Oc3ccnc(C(N)=O)c3)C2)c1. The lowest BCUT2D eigenvalue weighted by Crippen LogP contribution is -2.56. The normalized spacial score (nSPS) is 15.6. The van der Waals surface area contributed by atoms with E-state index in [0.717, 1.165) is 11.1 Å². The third kappa shape index (κ3) is 4.15. The van der Waals surface area contributed by atoms with E-state index in [-0.39, 0.29) is 30.6 Å². The van der Waals surface area contributed by atoms with Crippen molar-refractivity contribution in [3.8, 4) is 5.75 Å². The Morgan fingerprint density at radius 1 is 1.32 bits per heavy atom. The molecule has 0 atom stereocenters. The Labute approximate surface area is 146 Å². The number of aromatic nitrogens is 1. The van der Waals surface area contributed by atoms with Gasteiger partial charge in [-0.3, -0.25) is 9.78 Å². The Kier molecular flexibility index (Phi) is 4.73. The van der Waals surface area contributed by atoms with Crippen LogP contribution in [0.3, 0.4) is 0 Å². The number of benzene rings is 1. The Morgan fingerprint density at radius 2 is 2.08 bits per heavy atom. The van der Waals surface area contributed by atoms with Crippen LogP contribution in [0.5, 0.6) is 5.75 Å². The van der Waals surface area contributed by atoms with Crippen LogP contribution >= 0.6 is 0 Å². The molecule has 1 aliphatic rings. The summed E-state index contributed by atoms with van der Waals surface area (Å²) in [5.74, 6) is -0.214. The second-order valence-electron chi connectivity index (χ2n) is 6.04. The molecule has 1 aliphatic heterocycles. The lowest BCUT2D eigenvalue weighted by Gasteiger charge is -2.37. The van der Waals surface area contributed by atoms with Crippen molar-refractivity contribution in [1.29, 1.82) is 0 Å². The number of hydrogen-bond acceptors (Lipinski definition) is 5. The second-order valence-corrected chi connectivity index (χ2v) is 8.01. The largest absolute Gasteiger partial charge is 0.488 e. The summed E-state index contributed by atoms with van der Waals surface area (Å²) in [6.07, 6.45) is 1.18. The predicted octanol–water partition coefficient (Wildman–Crippen LogP) is 1.08. The molecule has 0 unspecified atom stereocenters. The molecule has 0 aliphatic carbocycles. The van der Waals surface area contributed by atoms with Crippen molar-refractivity contribution in [2.75, 3.05) is 13.1 Å². The number of carbonyl (C=O) groups is 1. The standard InChI is InChI=1S/C17H19N3O4S/c1-12-3-2-4-13(7-12)11-25(22,23)20-9-15(10-20)24-14-5-6-19-16(8-14)17(18)21/h2-8,15H,9-11H2,1H3,(H2,18,21). The van der Waals surface area contributed by atoms with Gasteiger partial charge in [0.05, 0.1) is 18.8 Å². The van der Waals surface area contributed by atoms with Crippen molar-refractivity contribution in [2.24, 2.45) is 5.73 Å². The van der Waals surface area contributed by atoms with Gasteiger partial charge in [0.25, 0.3) is 5.91 Å². The summed E-state index contributed by atoms with van der Waals surface area (Å²) in [6, 6.07) is 10.5. The first-order valence-electron chi connectivity index (χ1n) is 7.79. The first-order chi connectivity index (χ1) is 11.8. The summed E-state index contributed by atoms with van der Waals surface area (Å²) < 4.78 is 31.9. The van der Waals surface area contributed by atoms with Gasteiger partial charge in [0.15, 0.2) is 0 Å². The van der Waals surface area contributed by atoms with E-state index in [1.807, 2.05) is 25.1 Å². The predicted molar refractivity (Wildman–Crippen MR) is 92.5 cm³/mol. The van der Waals surface area contributed by atoms with Crippen LogP contribution in [0.15, 0.2) is 42.6 Å². The van der Waals surface area contributed by atoms with Crippen LogP contribution in [0.25, 0.3) is 0 Å². The summed E-state index contributed by atoms with van der Waals surface area (Å²) in [5.41, 5.74) is 7.09. The maximum atomic E-state index is 12.4. The lowest BCUT2D eigenvalue weighted by molar-refractivity contribution is 0.0757. The number of carbonyl (C=O) groups excluding carboxylic acids is 1. The molecule has 0 saturated carbocycles. The van der Waals surface area contributed by atoms with Crippen LogP contribution in [-0.4, -0.2) is 42.8 Å². The Bertz CT molecular complexity index is 892. The number of aryl methyl sites for hydroxylation is 1. The molecule has 1 aromatic heterocycles. The van der Waals surface area contributed by atoms with E-state index in [0.29, 0.717) is 5.75 Å². The van der Waals surface area contributed by atoms with Gasteiger partial charge in [-0.05, 0) is 18.6 Å². The van der Waals surface area contributed by atoms with Crippen molar-refractivity contribution in [1.82, 2.24) is 9.29 Å². The Hall–Kier alpha value is -2.45. The highest BCUT2D eigenvalue weighted by Gasteiger charge is 2.37. The monoisotopic (exact) mass is 361 g/mol. The van der Waals surface area contributed by atoms with Gasteiger partial charge in [-0.1, -0.05) is 29.8 Å². The zero-order chi connectivity index (χ0) is 18.0. The third-order valence-corrected chi connectivity index (χ3v) is 5.71. The molecule has 1 amide bonds. The van der Waals surface area contributed by atoms with Crippen LogP contribution in [0.2, 0.25) is 0 Å². The van der Waals surface area contributed by atoms with E-state index in [1.54, 1.807) is 12.1 Å². The molecule has 2 aromatic rings. The fraction of sp³-hybridized carbons (Fsp3) is 0.294. The topological polar surface area (TPSA) is 103 Å². The lowest BCUT2D eigenvalue weighted by atomic mass is 10.2. The zero-order valence-corrected chi connectivity index (χ0v) is 14.6. The molecule has 1 aromatic carbocycles. The summed E-state index contributed by atoms with van der Waals surface area (Å²) in [6.45, 7) is 2.49. The third-order valence-electron chi connectivity index (χ3n) is 3.93. The number of pyridine rings is 1. The van der Waals surface area contributed by atoms with Crippen molar-refractivity contribution in [2.45, 2.75) is 18.8 Å². The average Bonchev–Trinajstić information content (AvgIpc) is 2.50. The van der Waals surface area contributed by atoms with Gasteiger partial charge in [-0.15, -0.1) is 0 Å². The molecule has 2 heterocycles. The van der Waals surface area contributed by atoms with Crippen molar-refractivity contribution in [3.63, 3.8) is 0 Å².